The third-order valence-electron chi connectivity index (χ3n) is 3.71. The first kappa shape index (κ1) is 15.3. The summed E-state index contributed by atoms with van der Waals surface area (Å²) in [6.07, 6.45) is 3.71. The Labute approximate surface area is 112 Å². The van der Waals surface area contributed by atoms with Crippen LogP contribution in [-0.2, 0) is 0 Å². The molecule has 2 nitrogen and oxygen atoms in total. The Morgan fingerprint density at radius 3 is 2.12 bits per heavy atom. The Bertz CT molecular complexity index is 224. The predicted octanol–water partition coefficient (Wildman–Crippen LogP) is 2.97. The van der Waals surface area contributed by atoms with Gasteiger partial charge in [-0.25, -0.2) is 0 Å². The van der Waals surface area contributed by atoms with Gasteiger partial charge in [0.15, 0.2) is 0 Å². The van der Waals surface area contributed by atoms with E-state index in [0.717, 1.165) is 6.54 Å². The zero-order chi connectivity index (χ0) is 12.9. The van der Waals surface area contributed by atoms with Crippen LogP contribution in [0.1, 0.15) is 47.0 Å². The molecule has 1 saturated heterocycles. The summed E-state index contributed by atoms with van der Waals surface area (Å²) in [7, 11) is 0. The van der Waals surface area contributed by atoms with Crippen LogP contribution >= 0.6 is 11.8 Å². The third-order valence-corrected chi connectivity index (χ3v) is 5.44. The highest BCUT2D eigenvalue weighted by atomic mass is 32.2. The molecular formula is C14H30N2S. The highest BCUT2D eigenvalue weighted by molar-refractivity contribution is 7.99. The molecule has 0 aromatic carbocycles. The van der Waals surface area contributed by atoms with E-state index in [9.17, 15) is 0 Å². The van der Waals surface area contributed by atoms with Gasteiger partial charge in [-0.05, 0) is 43.5 Å². The lowest BCUT2D eigenvalue weighted by molar-refractivity contribution is 0.0682. The van der Waals surface area contributed by atoms with Crippen LogP contribution in [0.3, 0.4) is 0 Å². The maximum absolute atomic E-state index is 6.17. The molecule has 1 fully saturated rings. The van der Waals surface area contributed by atoms with Crippen molar-refractivity contribution in [2.75, 3.05) is 31.1 Å². The largest absolute Gasteiger partial charge is 0.329 e. The summed E-state index contributed by atoms with van der Waals surface area (Å²) in [5, 5.41) is 0. The van der Waals surface area contributed by atoms with Crippen LogP contribution in [0, 0.1) is 5.41 Å². The molecule has 0 aromatic rings. The summed E-state index contributed by atoms with van der Waals surface area (Å²) in [5.74, 6) is 2.49. The first-order valence-corrected chi connectivity index (χ1v) is 8.18. The molecule has 0 amide bonds. The molecule has 0 bridgehead atoms. The smallest absolute Gasteiger partial charge is 0.0427 e. The number of hydrogen-bond donors (Lipinski definition) is 1. The molecule has 0 saturated carbocycles. The van der Waals surface area contributed by atoms with Gasteiger partial charge in [-0.3, -0.25) is 4.90 Å². The van der Waals surface area contributed by atoms with Gasteiger partial charge in [0.05, 0.1) is 0 Å². The van der Waals surface area contributed by atoms with Gasteiger partial charge >= 0.3 is 0 Å². The van der Waals surface area contributed by atoms with Crippen molar-refractivity contribution < 1.29 is 0 Å². The average Bonchev–Trinajstić information content (AvgIpc) is 2.27. The molecule has 1 aliphatic heterocycles. The minimum Gasteiger partial charge on any atom is -0.329 e. The van der Waals surface area contributed by atoms with E-state index in [1.54, 1.807) is 0 Å². The normalized spacial score (nSPS) is 28.6. The van der Waals surface area contributed by atoms with Gasteiger partial charge in [0.1, 0.15) is 0 Å². The molecule has 0 aromatic heterocycles. The van der Waals surface area contributed by atoms with Gasteiger partial charge in [-0.2, -0.15) is 11.8 Å². The van der Waals surface area contributed by atoms with Gasteiger partial charge in [0, 0.05) is 17.8 Å². The van der Waals surface area contributed by atoms with Crippen LogP contribution < -0.4 is 5.73 Å². The van der Waals surface area contributed by atoms with Gasteiger partial charge in [0.2, 0.25) is 0 Å². The Kier molecular flexibility index (Phi) is 5.81. The highest BCUT2D eigenvalue weighted by Gasteiger charge is 2.43. The van der Waals surface area contributed by atoms with Crippen LogP contribution in [0.25, 0.3) is 0 Å². The van der Waals surface area contributed by atoms with E-state index in [-0.39, 0.29) is 5.54 Å². The van der Waals surface area contributed by atoms with Crippen LogP contribution in [0.5, 0.6) is 0 Å². The zero-order valence-electron chi connectivity index (χ0n) is 12.1. The lowest BCUT2D eigenvalue weighted by Crippen LogP contribution is -2.60. The monoisotopic (exact) mass is 258 g/mol. The molecule has 0 radical (unpaired) electrons. The predicted molar refractivity (Wildman–Crippen MR) is 79.7 cm³/mol. The summed E-state index contributed by atoms with van der Waals surface area (Å²) < 4.78 is 0. The third kappa shape index (κ3) is 3.87. The summed E-state index contributed by atoms with van der Waals surface area (Å²) in [4.78, 5) is 2.67. The van der Waals surface area contributed by atoms with Crippen LogP contribution in [0.15, 0.2) is 0 Å². The van der Waals surface area contributed by atoms with E-state index in [1.807, 2.05) is 0 Å². The number of hydrogen-bond acceptors (Lipinski definition) is 3. The van der Waals surface area contributed by atoms with E-state index < -0.39 is 0 Å². The molecule has 102 valence electrons. The fourth-order valence-electron chi connectivity index (χ4n) is 3.10. The van der Waals surface area contributed by atoms with Crippen molar-refractivity contribution in [2.45, 2.75) is 52.5 Å². The molecule has 2 N–H and O–H groups in total. The minimum atomic E-state index is 0.248. The number of nitrogens with two attached hydrogens (primary N) is 1. The zero-order valence-corrected chi connectivity index (χ0v) is 12.9. The van der Waals surface area contributed by atoms with Crippen molar-refractivity contribution in [1.82, 2.24) is 4.90 Å². The molecule has 1 atom stereocenters. The van der Waals surface area contributed by atoms with Gasteiger partial charge in [-0.15, -0.1) is 0 Å². The molecule has 3 heteroatoms. The van der Waals surface area contributed by atoms with Crippen molar-refractivity contribution in [2.24, 2.45) is 11.1 Å². The summed E-state index contributed by atoms with van der Waals surface area (Å²) in [6.45, 7) is 12.5. The summed E-state index contributed by atoms with van der Waals surface area (Å²) >= 11 is 2.09. The van der Waals surface area contributed by atoms with E-state index in [1.165, 1.54) is 43.9 Å². The quantitative estimate of drug-likeness (QED) is 0.794. The topological polar surface area (TPSA) is 29.3 Å². The van der Waals surface area contributed by atoms with Gasteiger partial charge < -0.3 is 5.73 Å². The second-order valence-electron chi connectivity index (χ2n) is 6.25. The fourth-order valence-corrected chi connectivity index (χ4v) is 4.64. The van der Waals surface area contributed by atoms with E-state index >= 15 is 0 Å². The molecule has 0 aliphatic carbocycles. The van der Waals surface area contributed by atoms with Crippen LogP contribution in [0.4, 0.5) is 0 Å². The van der Waals surface area contributed by atoms with Gasteiger partial charge in [0.25, 0.3) is 0 Å². The van der Waals surface area contributed by atoms with E-state index in [0.29, 0.717) is 5.41 Å². The van der Waals surface area contributed by atoms with E-state index in [2.05, 4.69) is 44.4 Å². The number of nitrogens with zero attached hydrogens (tertiary/aromatic N) is 1. The molecule has 1 heterocycles. The maximum atomic E-state index is 6.17. The molecule has 1 unspecified atom stereocenters. The number of rotatable bonds is 6. The molecule has 17 heavy (non-hydrogen) atoms. The Hall–Kier alpha value is 0.270. The Morgan fingerprint density at radius 1 is 1.12 bits per heavy atom. The Morgan fingerprint density at radius 2 is 1.71 bits per heavy atom. The second-order valence-corrected chi connectivity index (χ2v) is 7.23. The van der Waals surface area contributed by atoms with Crippen molar-refractivity contribution in [1.29, 1.82) is 0 Å². The van der Waals surface area contributed by atoms with Crippen molar-refractivity contribution in [3.05, 3.63) is 0 Å². The molecule has 0 spiro atoms. The number of thioether (sulfide) groups is 1. The van der Waals surface area contributed by atoms with Gasteiger partial charge in [-0.1, -0.05) is 27.7 Å². The Balaban J connectivity index is 2.83. The van der Waals surface area contributed by atoms with Crippen molar-refractivity contribution in [3.63, 3.8) is 0 Å². The summed E-state index contributed by atoms with van der Waals surface area (Å²) in [5.41, 5.74) is 6.85. The first-order valence-electron chi connectivity index (χ1n) is 7.02. The van der Waals surface area contributed by atoms with Crippen molar-refractivity contribution in [3.8, 4) is 0 Å². The lowest BCUT2D eigenvalue weighted by atomic mass is 9.78. The van der Waals surface area contributed by atoms with E-state index in [4.69, 9.17) is 5.73 Å². The summed E-state index contributed by atoms with van der Waals surface area (Å²) in [6, 6.07) is 0. The maximum Gasteiger partial charge on any atom is 0.0427 e. The molecule has 1 rings (SSSR count). The van der Waals surface area contributed by atoms with Crippen LogP contribution in [-0.4, -0.2) is 41.6 Å². The lowest BCUT2D eigenvalue weighted by Gasteiger charge is -2.50. The second kappa shape index (κ2) is 6.44. The SMILES string of the molecule is CCCN(CCC)C1(CN)CSCC(C)(C)C1. The average molecular weight is 258 g/mol. The standard InChI is InChI=1S/C14H30N2S/c1-5-7-16(8-6-2)14(10-15)9-13(3,4)11-17-12-14/h5-12,15H2,1-4H3. The minimum absolute atomic E-state index is 0.248. The first-order chi connectivity index (χ1) is 7.99. The van der Waals surface area contributed by atoms with Crippen LogP contribution in [0.2, 0.25) is 0 Å². The molecular weight excluding hydrogens is 228 g/mol. The molecule has 1 aliphatic rings. The van der Waals surface area contributed by atoms with Crippen molar-refractivity contribution >= 4 is 11.8 Å². The fraction of sp³-hybridized carbons (Fsp3) is 1.00. The highest BCUT2D eigenvalue weighted by Crippen LogP contribution is 2.41.